The second-order valence-electron chi connectivity index (χ2n) is 5.31. The molecule has 2 aliphatic carbocycles. The zero-order valence-electron chi connectivity index (χ0n) is 8.98. The summed E-state index contributed by atoms with van der Waals surface area (Å²) < 4.78 is 0. The lowest BCUT2D eigenvalue weighted by Gasteiger charge is -2.46. The van der Waals surface area contributed by atoms with Crippen molar-refractivity contribution in [2.45, 2.75) is 31.2 Å². The summed E-state index contributed by atoms with van der Waals surface area (Å²) in [6, 6.07) is 6.68. The lowest BCUT2D eigenvalue weighted by Crippen LogP contribution is -2.50. The summed E-state index contributed by atoms with van der Waals surface area (Å²) in [5.41, 5.74) is 7.77. The first-order valence-corrected chi connectivity index (χ1v) is 5.57. The molecule has 2 N–H and O–H groups in total. The van der Waals surface area contributed by atoms with Gasteiger partial charge in [0.2, 0.25) is 0 Å². The van der Waals surface area contributed by atoms with E-state index in [4.69, 9.17) is 5.73 Å². The molecule has 2 saturated carbocycles. The third kappa shape index (κ3) is 1.33. The van der Waals surface area contributed by atoms with E-state index in [1.165, 1.54) is 12.8 Å². The number of nitro benzene ring substituents is 1. The van der Waals surface area contributed by atoms with Gasteiger partial charge in [-0.3, -0.25) is 10.1 Å². The van der Waals surface area contributed by atoms with E-state index in [-0.39, 0.29) is 16.1 Å². The van der Waals surface area contributed by atoms with Gasteiger partial charge in [-0.25, -0.2) is 0 Å². The highest BCUT2D eigenvalue weighted by Crippen LogP contribution is 2.66. The summed E-state index contributed by atoms with van der Waals surface area (Å²) in [6.45, 7) is 0. The van der Waals surface area contributed by atoms with Gasteiger partial charge in [-0.2, -0.15) is 0 Å². The van der Waals surface area contributed by atoms with Crippen LogP contribution in [-0.2, 0) is 5.54 Å². The molecule has 84 valence electrons. The summed E-state index contributed by atoms with van der Waals surface area (Å²) in [6.07, 6.45) is 4.69. The van der Waals surface area contributed by atoms with Crippen LogP contribution in [0, 0.1) is 15.5 Å². The number of rotatable bonds is 2. The number of non-ortho nitro benzene ring substituents is 1. The third-order valence-electron chi connectivity index (χ3n) is 3.99. The Hall–Kier alpha value is -1.42. The van der Waals surface area contributed by atoms with Crippen LogP contribution in [0.25, 0.3) is 0 Å². The molecule has 0 amide bonds. The zero-order valence-corrected chi connectivity index (χ0v) is 8.98. The molecular formula is C12H14N2O2. The molecule has 4 heteroatoms. The van der Waals surface area contributed by atoms with Crippen LogP contribution in [-0.4, -0.2) is 4.92 Å². The number of hydrogen-bond acceptors (Lipinski definition) is 3. The smallest absolute Gasteiger partial charge is 0.269 e. The van der Waals surface area contributed by atoms with Crippen molar-refractivity contribution in [3.8, 4) is 0 Å². The minimum absolute atomic E-state index is 0.132. The fraction of sp³-hybridized carbons (Fsp3) is 0.500. The van der Waals surface area contributed by atoms with Crippen LogP contribution in [0.5, 0.6) is 0 Å². The summed E-state index contributed by atoms with van der Waals surface area (Å²) in [4.78, 5) is 10.2. The molecule has 1 aromatic carbocycles. The summed E-state index contributed by atoms with van der Waals surface area (Å²) in [5.74, 6) is 0. The molecule has 1 spiro atoms. The Bertz CT molecular complexity index is 441. The maximum Gasteiger partial charge on any atom is 0.269 e. The number of hydrogen-bond donors (Lipinski definition) is 1. The fourth-order valence-corrected chi connectivity index (χ4v) is 2.94. The second-order valence-corrected chi connectivity index (χ2v) is 5.31. The largest absolute Gasteiger partial charge is 0.321 e. The third-order valence-corrected chi connectivity index (χ3v) is 3.99. The van der Waals surface area contributed by atoms with E-state index in [0.29, 0.717) is 5.41 Å². The van der Waals surface area contributed by atoms with Crippen LogP contribution in [0.15, 0.2) is 24.3 Å². The zero-order chi connectivity index (χ0) is 11.4. The van der Waals surface area contributed by atoms with E-state index in [0.717, 1.165) is 18.4 Å². The molecule has 0 aliphatic heterocycles. The molecule has 1 aromatic rings. The topological polar surface area (TPSA) is 69.2 Å². The molecule has 0 bridgehead atoms. The highest BCUT2D eigenvalue weighted by molar-refractivity contribution is 5.38. The van der Waals surface area contributed by atoms with E-state index in [2.05, 4.69) is 0 Å². The Labute approximate surface area is 93.6 Å². The second kappa shape index (κ2) is 2.83. The molecular weight excluding hydrogens is 204 g/mol. The van der Waals surface area contributed by atoms with Crippen LogP contribution in [0.2, 0.25) is 0 Å². The highest BCUT2D eigenvalue weighted by Gasteiger charge is 2.59. The van der Waals surface area contributed by atoms with Crippen molar-refractivity contribution in [2.24, 2.45) is 11.1 Å². The normalized spacial score (nSPS) is 23.8. The van der Waals surface area contributed by atoms with Gasteiger partial charge in [-0.05, 0) is 36.7 Å². The monoisotopic (exact) mass is 218 g/mol. The average Bonchev–Trinajstić information content (AvgIpc) is 2.97. The standard InChI is InChI=1S/C12H14N2O2/c13-12(7-11(8-12)5-6-11)9-1-3-10(4-2-9)14(15)16/h1-4H,5-8,13H2. The van der Waals surface area contributed by atoms with Crippen LogP contribution < -0.4 is 5.73 Å². The quantitative estimate of drug-likeness (QED) is 0.611. The highest BCUT2D eigenvalue weighted by atomic mass is 16.6. The summed E-state index contributed by atoms with van der Waals surface area (Å²) >= 11 is 0. The molecule has 0 unspecified atom stereocenters. The van der Waals surface area contributed by atoms with E-state index < -0.39 is 0 Å². The van der Waals surface area contributed by atoms with Gasteiger partial charge >= 0.3 is 0 Å². The minimum atomic E-state index is -0.379. The number of nitrogens with two attached hydrogens (primary N) is 1. The van der Waals surface area contributed by atoms with E-state index in [1.54, 1.807) is 24.3 Å². The predicted octanol–water partition coefficient (Wildman–Crippen LogP) is 2.32. The fourth-order valence-electron chi connectivity index (χ4n) is 2.94. The van der Waals surface area contributed by atoms with Gasteiger partial charge in [0.05, 0.1) is 4.92 Å². The Morgan fingerprint density at radius 2 is 1.75 bits per heavy atom. The molecule has 0 heterocycles. The number of benzene rings is 1. The Balaban J connectivity index is 1.82. The summed E-state index contributed by atoms with van der Waals surface area (Å²) in [7, 11) is 0. The first kappa shape index (κ1) is 9.78. The van der Waals surface area contributed by atoms with Gasteiger partial charge < -0.3 is 5.73 Å². The van der Waals surface area contributed by atoms with Gasteiger partial charge in [-0.15, -0.1) is 0 Å². The number of nitrogens with zero attached hydrogens (tertiary/aromatic N) is 1. The number of nitro groups is 1. The van der Waals surface area contributed by atoms with E-state index >= 15 is 0 Å². The van der Waals surface area contributed by atoms with Crippen LogP contribution >= 0.6 is 0 Å². The van der Waals surface area contributed by atoms with Crippen molar-refractivity contribution in [3.63, 3.8) is 0 Å². The summed E-state index contributed by atoms with van der Waals surface area (Å²) in [5, 5.41) is 10.5. The predicted molar refractivity (Wildman–Crippen MR) is 59.9 cm³/mol. The maximum absolute atomic E-state index is 10.5. The van der Waals surface area contributed by atoms with Gasteiger partial charge in [0.25, 0.3) is 5.69 Å². The molecule has 16 heavy (non-hydrogen) atoms. The van der Waals surface area contributed by atoms with Gasteiger partial charge in [0.15, 0.2) is 0 Å². The van der Waals surface area contributed by atoms with Crippen LogP contribution in [0.4, 0.5) is 5.69 Å². The van der Waals surface area contributed by atoms with Crippen molar-refractivity contribution >= 4 is 5.69 Å². The van der Waals surface area contributed by atoms with Gasteiger partial charge in [0, 0.05) is 17.7 Å². The molecule has 2 fully saturated rings. The Morgan fingerprint density at radius 1 is 1.19 bits per heavy atom. The van der Waals surface area contributed by atoms with Gasteiger partial charge in [-0.1, -0.05) is 12.1 Å². The first-order valence-electron chi connectivity index (χ1n) is 5.57. The van der Waals surface area contributed by atoms with Crippen molar-refractivity contribution in [3.05, 3.63) is 39.9 Å². The average molecular weight is 218 g/mol. The molecule has 2 aliphatic rings. The lowest BCUT2D eigenvalue weighted by atomic mass is 9.63. The van der Waals surface area contributed by atoms with Crippen molar-refractivity contribution < 1.29 is 4.92 Å². The van der Waals surface area contributed by atoms with Crippen molar-refractivity contribution in [1.82, 2.24) is 0 Å². The maximum atomic E-state index is 10.5. The molecule has 4 nitrogen and oxygen atoms in total. The van der Waals surface area contributed by atoms with Crippen molar-refractivity contribution in [2.75, 3.05) is 0 Å². The SMILES string of the molecule is NC1(c2ccc([N+](=O)[O-])cc2)CC2(CC2)C1. The molecule has 3 rings (SSSR count). The molecule has 0 aromatic heterocycles. The first-order chi connectivity index (χ1) is 7.53. The van der Waals surface area contributed by atoms with Crippen molar-refractivity contribution in [1.29, 1.82) is 0 Å². The van der Waals surface area contributed by atoms with Crippen LogP contribution in [0.1, 0.15) is 31.2 Å². The Morgan fingerprint density at radius 3 is 2.19 bits per heavy atom. The van der Waals surface area contributed by atoms with Gasteiger partial charge in [0.1, 0.15) is 0 Å². The Kier molecular flexibility index (Phi) is 1.73. The minimum Gasteiger partial charge on any atom is -0.321 e. The molecule has 0 atom stereocenters. The van der Waals surface area contributed by atoms with E-state index in [9.17, 15) is 10.1 Å². The van der Waals surface area contributed by atoms with Crippen LogP contribution in [0.3, 0.4) is 0 Å². The molecule has 0 saturated heterocycles. The molecule has 0 radical (unpaired) electrons. The lowest BCUT2D eigenvalue weighted by molar-refractivity contribution is -0.384. The van der Waals surface area contributed by atoms with E-state index in [1.807, 2.05) is 0 Å².